The van der Waals surface area contributed by atoms with Crippen molar-refractivity contribution in [1.29, 1.82) is 0 Å². The van der Waals surface area contributed by atoms with Crippen LogP contribution in [0.4, 0.5) is 0 Å². The van der Waals surface area contributed by atoms with Gasteiger partial charge >= 0.3 is 5.97 Å². The summed E-state index contributed by atoms with van der Waals surface area (Å²) in [5.74, 6) is -0.662. The number of rotatable bonds is 6. The second-order valence-corrected chi connectivity index (χ2v) is 2.55. The third kappa shape index (κ3) is 5.95. The molecule has 7 nitrogen and oxygen atoms in total. The lowest BCUT2D eigenvalue weighted by Gasteiger charge is -2.09. The van der Waals surface area contributed by atoms with Crippen LogP contribution in [0.15, 0.2) is 12.2 Å². The molecule has 7 heteroatoms. The number of hydrogen-bond acceptors (Lipinski definition) is 6. The summed E-state index contributed by atoms with van der Waals surface area (Å²) in [6.07, 6.45) is -1.22. The van der Waals surface area contributed by atoms with Gasteiger partial charge in [0.05, 0.1) is 0 Å². The van der Waals surface area contributed by atoms with Crippen molar-refractivity contribution in [2.75, 3.05) is 13.2 Å². The third-order valence-corrected chi connectivity index (χ3v) is 1.13. The Hall–Kier alpha value is -1.63. The van der Waals surface area contributed by atoms with Gasteiger partial charge in [0.1, 0.15) is 19.3 Å². The number of hydrogen-bond donors (Lipinski definition) is 1. The van der Waals surface area contributed by atoms with Gasteiger partial charge in [-0.2, -0.15) is 0 Å². The Morgan fingerprint density at radius 3 is 2.64 bits per heavy atom. The second-order valence-electron chi connectivity index (χ2n) is 2.55. The van der Waals surface area contributed by atoms with Crippen molar-refractivity contribution in [2.45, 2.75) is 13.0 Å². The zero-order valence-electron chi connectivity index (χ0n) is 7.63. The number of aliphatic hydroxyl groups is 1. The van der Waals surface area contributed by atoms with Crippen molar-refractivity contribution >= 4 is 5.97 Å². The van der Waals surface area contributed by atoms with Gasteiger partial charge in [0.15, 0.2) is 0 Å². The minimum Gasteiger partial charge on any atom is -0.460 e. The van der Waals surface area contributed by atoms with Crippen LogP contribution < -0.4 is 0 Å². The fraction of sp³-hybridized carbons (Fsp3) is 0.571. The van der Waals surface area contributed by atoms with Crippen molar-refractivity contribution in [3.8, 4) is 0 Å². The van der Waals surface area contributed by atoms with Crippen molar-refractivity contribution in [2.24, 2.45) is 0 Å². The monoisotopic (exact) mass is 205 g/mol. The summed E-state index contributed by atoms with van der Waals surface area (Å²) in [5, 5.41) is 17.7. The number of esters is 1. The van der Waals surface area contributed by atoms with Gasteiger partial charge in [0.25, 0.3) is 5.09 Å². The highest BCUT2D eigenvalue weighted by molar-refractivity contribution is 5.86. The fourth-order valence-corrected chi connectivity index (χ4v) is 0.490. The maximum Gasteiger partial charge on any atom is 0.333 e. The molecule has 1 atom stereocenters. The molecule has 0 spiro atoms. The normalized spacial score (nSPS) is 11.6. The van der Waals surface area contributed by atoms with Crippen LogP contribution in [0.3, 0.4) is 0 Å². The molecule has 0 aromatic rings. The molecule has 0 saturated carbocycles. The number of carbonyl (C=O) groups excluding carboxylic acids is 1. The zero-order valence-corrected chi connectivity index (χ0v) is 7.63. The zero-order chi connectivity index (χ0) is 11.1. The molecule has 0 aliphatic heterocycles. The van der Waals surface area contributed by atoms with Crippen LogP contribution in [-0.4, -0.2) is 35.5 Å². The van der Waals surface area contributed by atoms with E-state index >= 15 is 0 Å². The summed E-state index contributed by atoms with van der Waals surface area (Å²) < 4.78 is 4.51. The number of nitrogens with zero attached hydrogens (tertiary/aromatic N) is 1. The molecule has 0 aliphatic rings. The Bertz CT molecular complexity index is 238. The average Bonchev–Trinajstić information content (AvgIpc) is 2.10. The van der Waals surface area contributed by atoms with E-state index in [4.69, 9.17) is 5.11 Å². The van der Waals surface area contributed by atoms with Crippen molar-refractivity contribution in [3.05, 3.63) is 22.3 Å². The molecule has 14 heavy (non-hydrogen) atoms. The predicted molar refractivity (Wildman–Crippen MR) is 44.7 cm³/mol. The lowest BCUT2D eigenvalue weighted by Crippen LogP contribution is -2.25. The fourth-order valence-electron chi connectivity index (χ4n) is 0.490. The van der Waals surface area contributed by atoms with Gasteiger partial charge in [0, 0.05) is 5.57 Å². The minimum atomic E-state index is -1.22. The van der Waals surface area contributed by atoms with E-state index in [9.17, 15) is 14.9 Å². The van der Waals surface area contributed by atoms with Crippen LogP contribution in [0.2, 0.25) is 0 Å². The van der Waals surface area contributed by atoms with E-state index in [2.05, 4.69) is 16.2 Å². The van der Waals surface area contributed by atoms with Crippen LogP contribution in [0.1, 0.15) is 6.92 Å². The Labute approximate surface area is 80.0 Å². The first-order chi connectivity index (χ1) is 6.43. The van der Waals surface area contributed by atoms with E-state index in [-0.39, 0.29) is 12.2 Å². The SMILES string of the molecule is C=C(C)C(=O)OCC(O)CO[N+](=O)[O-]. The Balaban J connectivity index is 3.63. The van der Waals surface area contributed by atoms with Crippen molar-refractivity contribution in [1.82, 2.24) is 0 Å². The molecule has 80 valence electrons. The summed E-state index contributed by atoms with van der Waals surface area (Å²) in [6.45, 7) is 3.87. The summed E-state index contributed by atoms with van der Waals surface area (Å²) in [4.78, 5) is 24.3. The van der Waals surface area contributed by atoms with Gasteiger partial charge in [-0.3, -0.25) is 0 Å². The van der Waals surface area contributed by atoms with Crippen LogP contribution in [0.5, 0.6) is 0 Å². The van der Waals surface area contributed by atoms with Gasteiger partial charge in [-0.25, -0.2) is 4.79 Å². The highest BCUT2D eigenvalue weighted by atomic mass is 17.0. The highest BCUT2D eigenvalue weighted by Crippen LogP contribution is 1.94. The molecule has 0 saturated heterocycles. The molecule has 0 fully saturated rings. The smallest absolute Gasteiger partial charge is 0.333 e. The van der Waals surface area contributed by atoms with Gasteiger partial charge in [-0.1, -0.05) is 6.58 Å². The summed E-state index contributed by atoms with van der Waals surface area (Å²) >= 11 is 0. The molecular weight excluding hydrogens is 194 g/mol. The van der Waals surface area contributed by atoms with E-state index in [0.29, 0.717) is 0 Å². The second kappa shape index (κ2) is 5.92. The molecule has 0 amide bonds. The Morgan fingerprint density at radius 1 is 1.64 bits per heavy atom. The van der Waals surface area contributed by atoms with Crippen molar-refractivity contribution < 1.29 is 24.6 Å². The van der Waals surface area contributed by atoms with E-state index in [0.717, 1.165) is 0 Å². The van der Waals surface area contributed by atoms with Crippen LogP contribution in [0.25, 0.3) is 0 Å². The molecule has 0 aromatic carbocycles. The summed E-state index contributed by atoms with van der Waals surface area (Å²) in [7, 11) is 0. The maximum absolute atomic E-state index is 10.8. The molecule has 1 unspecified atom stereocenters. The standard InChI is InChI=1S/C7H11NO6/c1-5(2)7(10)13-3-6(9)4-14-8(11)12/h6,9H,1,3-4H2,2H3. The molecular formula is C7H11NO6. The van der Waals surface area contributed by atoms with E-state index < -0.39 is 23.8 Å². The Kier molecular flexibility index (Phi) is 5.23. The van der Waals surface area contributed by atoms with Gasteiger partial charge in [-0.15, -0.1) is 10.1 Å². The lowest BCUT2D eigenvalue weighted by molar-refractivity contribution is -0.759. The third-order valence-electron chi connectivity index (χ3n) is 1.13. The molecule has 0 rings (SSSR count). The molecule has 0 bridgehead atoms. The maximum atomic E-state index is 10.8. The van der Waals surface area contributed by atoms with Crippen LogP contribution in [0, 0.1) is 10.1 Å². The predicted octanol–water partition coefficient (Wildman–Crippen LogP) is -0.325. The largest absolute Gasteiger partial charge is 0.460 e. The molecule has 0 heterocycles. The summed E-state index contributed by atoms with van der Waals surface area (Å²) in [6, 6.07) is 0. The van der Waals surface area contributed by atoms with E-state index in [1.165, 1.54) is 6.92 Å². The van der Waals surface area contributed by atoms with Crippen LogP contribution >= 0.6 is 0 Å². The first-order valence-corrected chi connectivity index (χ1v) is 3.71. The van der Waals surface area contributed by atoms with Crippen LogP contribution in [-0.2, 0) is 14.4 Å². The topological polar surface area (TPSA) is 98.9 Å². The first kappa shape index (κ1) is 12.4. The number of carbonyl (C=O) groups is 1. The van der Waals surface area contributed by atoms with E-state index in [1.54, 1.807) is 0 Å². The number of ether oxygens (including phenoxy) is 1. The van der Waals surface area contributed by atoms with E-state index in [1.807, 2.05) is 0 Å². The lowest BCUT2D eigenvalue weighted by atomic mass is 10.3. The molecule has 0 aromatic heterocycles. The average molecular weight is 205 g/mol. The molecule has 1 N–H and O–H groups in total. The minimum absolute atomic E-state index is 0.187. The highest BCUT2D eigenvalue weighted by Gasteiger charge is 2.10. The van der Waals surface area contributed by atoms with Crippen molar-refractivity contribution in [3.63, 3.8) is 0 Å². The summed E-state index contributed by atoms with van der Waals surface area (Å²) in [5.41, 5.74) is 0.187. The molecule has 0 aliphatic carbocycles. The van der Waals surface area contributed by atoms with Gasteiger partial charge in [-0.05, 0) is 6.92 Å². The quantitative estimate of drug-likeness (QED) is 0.276. The molecule has 0 radical (unpaired) electrons. The Morgan fingerprint density at radius 2 is 2.21 bits per heavy atom. The first-order valence-electron chi connectivity index (χ1n) is 3.71. The number of aliphatic hydroxyl groups excluding tert-OH is 1. The van der Waals surface area contributed by atoms with Gasteiger partial charge < -0.3 is 14.7 Å². The van der Waals surface area contributed by atoms with Gasteiger partial charge in [0.2, 0.25) is 0 Å².